The van der Waals surface area contributed by atoms with Crippen molar-refractivity contribution in [1.82, 2.24) is 9.78 Å². The number of hydrogen-bond donors (Lipinski definition) is 1. The van der Waals surface area contributed by atoms with E-state index >= 15 is 0 Å². The van der Waals surface area contributed by atoms with Gasteiger partial charge < -0.3 is 5.41 Å². The molecule has 1 N–H and O–H groups in total. The second kappa shape index (κ2) is 7.68. The van der Waals surface area contributed by atoms with Crippen molar-refractivity contribution < 1.29 is 0 Å². The van der Waals surface area contributed by atoms with Gasteiger partial charge in [-0.25, -0.2) is 4.68 Å². The summed E-state index contributed by atoms with van der Waals surface area (Å²) in [6.07, 6.45) is 3.03. The van der Waals surface area contributed by atoms with E-state index in [1.807, 2.05) is 42.5 Å². The molecule has 0 saturated heterocycles. The maximum Gasteiger partial charge on any atom is 0.209 e. The third kappa shape index (κ3) is 4.08. The molecular formula is C19H15ClN4O. The molecule has 1 heterocycles. The molecule has 3 rings (SSSR count). The minimum Gasteiger partial charge on any atom is -0.313 e. The predicted molar refractivity (Wildman–Crippen MR) is 101 cm³/mol. The van der Waals surface area contributed by atoms with Crippen LogP contribution in [0.2, 0.25) is 5.02 Å². The highest BCUT2D eigenvalue weighted by Crippen LogP contribution is 2.14. The SMILES string of the molecule is N=CCC(=Nc1ccccc1)c1nn(-c2ccc(Cl)cc2)ccc1=O. The van der Waals surface area contributed by atoms with E-state index in [-0.39, 0.29) is 17.5 Å². The molecule has 6 heteroatoms. The van der Waals surface area contributed by atoms with E-state index in [2.05, 4.69) is 10.1 Å². The van der Waals surface area contributed by atoms with Crippen molar-refractivity contribution in [1.29, 1.82) is 5.41 Å². The molecule has 0 amide bonds. The van der Waals surface area contributed by atoms with Crippen LogP contribution in [0.15, 0.2) is 76.6 Å². The van der Waals surface area contributed by atoms with Crippen molar-refractivity contribution in [2.45, 2.75) is 6.42 Å². The molecule has 0 aliphatic rings. The molecule has 0 aliphatic carbocycles. The highest BCUT2D eigenvalue weighted by molar-refractivity contribution is 6.30. The largest absolute Gasteiger partial charge is 0.313 e. The summed E-state index contributed by atoms with van der Waals surface area (Å²) in [5.41, 5.74) is 1.93. The number of nitrogens with one attached hydrogen (secondary N) is 1. The van der Waals surface area contributed by atoms with E-state index in [1.54, 1.807) is 23.0 Å². The van der Waals surface area contributed by atoms with Crippen molar-refractivity contribution in [3.63, 3.8) is 0 Å². The molecule has 0 fully saturated rings. The molecule has 3 aromatic rings. The number of rotatable bonds is 5. The van der Waals surface area contributed by atoms with Crippen LogP contribution < -0.4 is 5.43 Å². The molecule has 0 bridgehead atoms. The van der Waals surface area contributed by atoms with E-state index < -0.39 is 0 Å². The number of nitrogens with zero attached hydrogens (tertiary/aromatic N) is 3. The lowest BCUT2D eigenvalue weighted by Crippen LogP contribution is -2.21. The van der Waals surface area contributed by atoms with Crippen molar-refractivity contribution >= 4 is 29.2 Å². The van der Waals surface area contributed by atoms with E-state index in [0.717, 1.165) is 5.69 Å². The van der Waals surface area contributed by atoms with E-state index in [1.165, 1.54) is 12.3 Å². The van der Waals surface area contributed by atoms with Gasteiger partial charge in [0, 0.05) is 29.9 Å². The molecule has 2 aromatic carbocycles. The highest BCUT2D eigenvalue weighted by Gasteiger charge is 2.11. The summed E-state index contributed by atoms with van der Waals surface area (Å²) >= 11 is 5.91. The Hall–Kier alpha value is -3.05. The van der Waals surface area contributed by atoms with Crippen LogP contribution in [0.25, 0.3) is 5.69 Å². The number of aromatic nitrogens is 2. The van der Waals surface area contributed by atoms with Gasteiger partial charge in [-0.15, -0.1) is 0 Å². The predicted octanol–water partition coefficient (Wildman–Crippen LogP) is 4.05. The summed E-state index contributed by atoms with van der Waals surface area (Å²) in [7, 11) is 0. The normalized spacial score (nSPS) is 11.3. The molecule has 0 saturated carbocycles. The van der Waals surface area contributed by atoms with Gasteiger partial charge in [0.1, 0.15) is 0 Å². The van der Waals surface area contributed by atoms with Crippen molar-refractivity contribution in [2.75, 3.05) is 0 Å². The van der Waals surface area contributed by atoms with E-state index in [0.29, 0.717) is 16.4 Å². The first kappa shape index (κ1) is 16.8. The lowest BCUT2D eigenvalue weighted by atomic mass is 10.2. The Balaban J connectivity index is 2.08. The first-order valence-corrected chi connectivity index (χ1v) is 8.03. The van der Waals surface area contributed by atoms with E-state index in [9.17, 15) is 4.79 Å². The first-order chi connectivity index (χ1) is 12.2. The zero-order valence-electron chi connectivity index (χ0n) is 13.3. The van der Waals surface area contributed by atoms with Gasteiger partial charge in [-0.2, -0.15) is 5.10 Å². The molecule has 0 aliphatic heterocycles. The molecular weight excluding hydrogens is 336 g/mol. The van der Waals surface area contributed by atoms with Gasteiger partial charge in [-0.1, -0.05) is 29.8 Å². The second-order valence-electron chi connectivity index (χ2n) is 5.25. The second-order valence-corrected chi connectivity index (χ2v) is 5.69. The quantitative estimate of drug-likeness (QED) is 0.705. The molecule has 0 unspecified atom stereocenters. The topological polar surface area (TPSA) is 71.1 Å². The van der Waals surface area contributed by atoms with Crippen LogP contribution in [-0.2, 0) is 0 Å². The monoisotopic (exact) mass is 350 g/mol. The standard InChI is InChI=1S/C19H15ClN4O/c20-14-6-8-16(9-7-14)24-13-11-18(25)19(23-24)17(10-12-21)22-15-4-2-1-3-5-15/h1-9,11-13,21H,10H2. The number of hydrogen-bond acceptors (Lipinski definition) is 4. The summed E-state index contributed by atoms with van der Waals surface area (Å²) < 4.78 is 1.59. The van der Waals surface area contributed by atoms with Crippen LogP contribution in [-0.4, -0.2) is 21.7 Å². The van der Waals surface area contributed by atoms with E-state index in [4.69, 9.17) is 17.0 Å². The summed E-state index contributed by atoms with van der Waals surface area (Å²) in [6, 6.07) is 17.9. The van der Waals surface area contributed by atoms with Crippen LogP contribution in [0.4, 0.5) is 5.69 Å². The Kier molecular flexibility index (Phi) is 5.16. The molecule has 1 aromatic heterocycles. The molecule has 5 nitrogen and oxygen atoms in total. The Morgan fingerprint density at radius 1 is 1.12 bits per heavy atom. The lowest BCUT2D eigenvalue weighted by Gasteiger charge is -2.08. The van der Waals surface area contributed by atoms with Crippen LogP contribution in [0.1, 0.15) is 12.1 Å². The first-order valence-electron chi connectivity index (χ1n) is 7.65. The smallest absolute Gasteiger partial charge is 0.209 e. The third-order valence-corrected chi connectivity index (χ3v) is 3.74. The van der Waals surface area contributed by atoms with Crippen molar-refractivity contribution in [3.8, 4) is 5.69 Å². The molecule has 0 radical (unpaired) electrons. The number of para-hydroxylation sites is 1. The fourth-order valence-electron chi connectivity index (χ4n) is 2.30. The van der Waals surface area contributed by atoms with Crippen molar-refractivity contribution in [2.24, 2.45) is 4.99 Å². The third-order valence-electron chi connectivity index (χ3n) is 3.49. The fraction of sp³-hybridized carbons (Fsp3) is 0.0526. The van der Waals surface area contributed by atoms with Crippen LogP contribution in [0.3, 0.4) is 0 Å². The number of benzene rings is 2. The molecule has 124 valence electrons. The Bertz CT molecular complexity index is 963. The van der Waals surface area contributed by atoms with Gasteiger partial charge in [-0.05, 0) is 36.4 Å². The van der Waals surface area contributed by atoms with Crippen molar-refractivity contribution in [3.05, 3.63) is 87.8 Å². The minimum atomic E-state index is -0.234. The van der Waals surface area contributed by atoms with Gasteiger partial charge in [0.2, 0.25) is 5.43 Å². The molecule has 0 spiro atoms. The maximum atomic E-state index is 12.3. The zero-order chi connectivity index (χ0) is 17.6. The van der Waals surface area contributed by atoms with Gasteiger partial charge in [0.15, 0.2) is 5.69 Å². The van der Waals surface area contributed by atoms with Crippen LogP contribution >= 0.6 is 11.6 Å². The van der Waals surface area contributed by atoms with Crippen LogP contribution in [0.5, 0.6) is 0 Å². The average Bonchev–Trinajstić information content (AvgIpc) is 2.63. The zero-order valence-corrected chi connectivity index (χ0v) is 14.0. The van der Waals surface area contributed by atoms with Gasteiger partial charge in [-0.3, -0.25) is 9.79 Å². The lowest BCUT2D eigenvalue weighted by molar-refractivity contribution is 0.827. The maximum absolute atomic E-state index is 12.3. The number of aliphatic imine (C=N–C) groups is 1. The Labute approximate surface area is 149 Å². The van der Waals surface area contributed by atoms with Gasteiger partial charge in [0.05, 0.1) is 17.1 Å². The fourth-order valence-corrected chi connectivity index (χ4v) is 2.42. The average molecular weight is 351 g/mol. The Morgan fingerprint density at radius 2 is 1.84 bits per heavy atom. The minimum absolute atomic E-state index is 0.224. The summed E-state index contributed by atoms with van der Waals surface area (Å²) in [5, 5.41) is 12.4. The number of halogens is 1. The summed E-state index contributed by atoms with van der Waals surface area (Å²) in [4.78, 5) is 16.8. The summed E-state index contributed by atoms with van der Waals surface area (Å²) in [6.45, 7) is 0. The van der Waals surface area contributed by atoms with Crippen LogP contribution in [0, 0.1) is 5.41 Å². The Morgan fingerprint density at radius 3 is 2.52 bits per heavy atom. The highest BCUT2D eigenvalue weighted by atomic mass is 35.5. The molecule has 0 atom stereocenters. The molecule has 25 heavy (non-hydrogen) atoms. The van der Waals surface area contributed by atoms with Gasteiger partial charge in [0.25, 0.3) is 0 Å². The van der Waals surface area contributed by atoms with Gasteiger partial charge >= 0.3 is 0 Å². The summed E-state index contributed by atoms with van der Waals surface area (Å²) in [5.74, 6) is 0.